The Labute approximate surface area is 232 Å². The van der Waals surface area contributed by atoms with E-state index in [2.05, 4.69) is 55.4 Å². The van der Waals surface area contributed by atoms with Crippen LogP contribution in [-0.2, 0) is 10.0 Å². The van der Waals surface area contributed by atoms with Gasteiger partial charge < -0.3 is 14.7 Å². The van der Waals surface area contributed by atoms with Crippen molar-refractivity contribution in [3.8, 4) is 10.6 Å². The highest BCUT2D eigenvalue weighted by Crippen LogP contribution is 2.33. The maximum Gasteiger partial charge on any atom is 0.252 e. The molecule has 1 aromatic carbocycles. The highest BCUT2D eigenvalue weighted by Gasteiger charge is 2.30. The third-order valence-corrected chi connectivity index (χ3v) is 10.8. The van der Waals surface area contributed by atoms with Crippen molar-refractivity contribution in [2.24, 2.45) is 0 Å². The van der Waals surface area contributed by atoms with Crippen LogP contribution in [0.15, 0.2) is 51.5 Å². The maximum absolute atomic E-state index is 13.3. The number of hydrogen-bond acceptors (Lipinski definition) is 10. The third-order valence-electron chi connectivity index (χ3n) is 7.38. The molecule has 0 saturated carbocycles. The van der Waals surface area contributed by atoms with Crippen LogP contribution in [0.5, 0.6) is 0 Å². The molecular formula is C27H33N7O3S2. The minimum atomic E-state index is -3.55. The number of para-hydroxylation sites is 1. The molecule has 0 radical (unpaired) electrons. The van der Waals surface area contributed by atoms with Crippen molar-refractivity contribution in [3.63, 3.8) is 0 Å². The summed E-state index contributed by atoms with van der Waals surface area (Å²) < 4.78 is 33.8. The Morgan fingerprint density at radius 1 is 1.05 bits per heavy atom. The number of fused-ring (bicyclic) bond motifs is 1. The molecule has 0 amide bonds. The highest BCUT2D eigenvalue weighted by atomic mass is 32.2. The minimum absolute atomic E-state index is 0.131. The van der Waals surface area contributed by atoms with Gasteiger partial charge in [0.25, 0.3) is 10.0 Å². The SMILES string of the molecule is Cc1cc(-c2ccc(S(=O)(=O)N3CCN(C[C@H](C)Nc4ncnc5c(N6CCCC6)cccc45)CC3)s2)on1. The smallest absolute Gasteiger partial charge is 0.252 e. The quantitative estimate of drug-likeness (QED) is 0.337. The highest BCUT2D eigenvalue weighted by molar-refractivity contribution is 7.91. The van der Waals surface area contributed by atoms with Crippen molar-refractivity contribution < 1.29 is 12.9 Å². The van der Waals surface area contributed by atoms with E-state index in [0.717, 1.165) is 46.9 Å². The van der Waals surface area contributed by atoms with Gasteiger partial charge in [0.15, 0.2) is 5.76 Å². The van der Waals surface area contributed by atoms with Crippen molar-refractivity contribution in [3.05, 3.63) is 48.4 Å². The first-order valence-electron chi connectivity index (χ1n) is 13.4. The van der Waals surface area contributed by atoms with Crippen LogP contribution in [0.2, 0.25) is 0 Å². The number of nitrogens with zero attached hydrogens (tertiary/aromatic N) is 6. The topological polar surface area (TPSA) is 108 Å². The van der Waals surface area contributed by atoms with Crippen molar-refractivity contribution in [1.29, 1.82) is 0 Å². The number of sulfonamides is 1. The number of hydrogen-bond donors (Lipinski definition) is 1. The Balaban J connectivity index is 1.07. The van der Waals surface area contributed by atoms with E-state index < -0.39 is 10.0 Å². The van der Waals surface area contributed by atoms with Gasteiger partial charge in [0, 0.05) is 63.3 Å². The zero-order chi connectivity index (χ0) is 27.0. The van der Waals surface area contributed by atoms with Crippen molar-refractivity contribution in [1.82, 2.24) is 24.3 Å². The standard InChI is InChI=1S/C27H33N7O3S2/c1-19-16-23(37-31-19)24-8-9-25(38-24)39(35,36)34-14-12-32(13-15-34)17-20(2)30-27-21-6-5-7-22(26(21)28-18-29-27)33-10-3-4-11-33/h5-9,16,18,20H,3-4,10-15,17H2,1-2H3,(H,28,29,30)/t20-/m0/s1. The molecule has 0 aliphatic carbocycles. The normalized spacial score (nSPS) is 18.2. The average Bonchev–Trinajstić information content (AvgIpc) is 3.71. The van der Waals surface area contributed by atoms with Gasteiger partial charge in [-0.2, -0.15) is 4.31 Å². The molecule has 2 aliphatic rings. The lowest BCUT2D eigenvalue weighted by Crippen LogP contribution is -2.50. The first-order valence-corrected chi connectivity index (χ1v) is 15.7. The fourth-order valence-electron chi connectivity index (χ4n) is 5.42. The molecule has 5 heterocycles. The zero-order valence-electron chi connectivity index (χ0n) is 22.2. The first-order chi connectivity index (χ1) is 18.9. The van der Waals surface area contributed by atoms with E-state index in [1.807, 2.05) is 13.0 Å². The Hall–Kier alpha value is -3.06. The maximum atomic E-state index is 13.3. The fourth-order valence-corrected chi connectivity index (χ4v) is 8.25. The van der Waals surface area contributed by atoms with Crippen molar-refractivity contribution in [2.75, 3.05) is 56.0 Å². The number of piperazine rings is 1. The minimum Gasteiger partial charge on any atom is -0.370 e. The number of anilines is 2. The number of aromatic nitrogens is 3. The van der Waals surface area contributed by atoms with Gasteiger partial charge in [0.2, 0.25) is 0 Å². The molecule has 10 nitrogen and oxygen atoms in total. The van der Waals surface area contributed by atoms with Gasteiger partial charge in [-0.05, 0) is 51.0 Å². The number of aryl methyl sites for hydroxylation is 1. The summed E-state index contributed by atoms with van der Waals surface area (Å²) in [4.78, 5) is 14.6. The van der Waals surface area contributed by atoms with Crippen molar-refractivity contribution >= 4 is 43.8 Å². The predicted octanol–water partition coefficient (Wildman–Crippen LogP) is 4.06. The molecular weight excluding hydrogens is 534 g/mol. The molecule has 39 heavy (non-hydrogen) atoms. The molecule has 206 valence electrons. The van der Waals surface area contributed by atoms with E-state index >= 15 is 0 Å². The molecule has 6 rings (SSSR count). The molecule has 4 aromatic rings. The first kappa shape index (κ1) is 26.2. The number of rotatable bonds is 8. The number of nitrogens with one attached hydrogen (secondary N) is 1. The van der Waals surface area contributed by atoms with Crippen LogP contribution >= 0.6 is 11.3 Å². The number of benzene rings is 1. The Morgan fingerprint density at radius 2 is 1.85 bits per heavy atom. The van der Waals surface area contributed by atoms with Gasteiger partial charge in [-0.15, -0.1) is 11.3 Å². The molecule has 0 spiro atoms. The van der Waals surface area contributed by atoms with E-state index in [9.17, 15) is 8.42 Å². The summed E-state index contributed by atoms with van der Waals surface area (Å²) in [6, 6.07) is 11.7. The fraction of sp³-hybridized carbons (Fsp3) is 0.444. The van der Waals surface area contributed by atoms with Gasteiger partial charge in [0.1, 0.15) is 16.4 Å². The molecule has 12 heteroatoms. The van der Waals surface area contributed by atoms with Gasteiger partial charge in [0.05, 0.1) is 21.8 Å². The van der Waals surface area contributed by atoms with Crippen LogP contribution in [0.25, 0.3) is 21.5 Å². The van der Waals surface area contributed by atoms with Crippen molar-refractivity contribution in [2.45, 2.75) is 36.9 Å². The summed E-state index contributed by atoms with van der Waals surface area (Å²) in [6.07, 6.45) is 4.07. The second-order valence-corrected chi connectivity index (χ2v) is 13.5. The van der Waals surface area contributed by atoms with Crippen LogP contribution in [-0.4, -0.2) is 84.6 Å². The summed E-state index contributed by atoms with van der Waals surface area (Å²) in [6.45, 7) is 9.17. The van der Waals surface area contributed by atoms with E-state index in [-0.39, 0.29) is 6.04 Å². The molecule has 1 atom stereocenters. The van der Waals surface area contributed by atoms with Crippen LogP contribution in [0.4, 0.5) is 11.5 Å². The third kappa shape index (κ3) is 5.38. The van der Waals surface area contributed by atoms with E-state index in [4.69, 9.17) is 4.52 Å². The Bertz CT molecular complexity index is 1550. The lowest BCUT2D eigenvalue weighted by Gasteiger charge is -2.35. The lowest BCUT2D eigenvalue weighted by atomic mass is 10.1. The average molecular weight is 568 g/mol. The van der Waals surface area contributed by atoms with Crippen LogP contribution < -0.4 is 10.2 Å². The van der Waals surface area contributed by atoms with Crippen LogP contribution in [0.3, 0.4) is 0 Å². The molecule has 1 N–H and O–H groups in total. The largest absolute Gasteiger partial charge is 0.370 e. The summed E-state index contributed by atoms with van der Waals surface area (Å²) >= 11 is 1.22. The monoisotopic (exact) mass is 567 g/mol. The summed E-state index contributed by atoms with van der Waals surface area (Å²) in [5.74, 6) is 1.43. The molecule has 2 saturated heterocycles. The van der Waals surface area contributed by atoms with Gasteiger partial charge >= 0.3 is 0 Å². The lowest BCUT2D eigenvalue weighted by molar-refractivity contribution is 0.184. The summed E-state index contributed by atoms with van der Waals surface area (Å²) in [7, 11) is -3.55. The Kier molecular flexibility index (Phi) is 7.27. The van der Waals surface area contributed by atoms with E-state index in [1.165, 1.54) is 29.9 Å². The van der Waals surface area contributed by atoms with Gasteiger partial charge in [-0.25, -0.2) is 18.4 Å². The van der Waals surface area contributed by atoms with Gasteiger partial charge in [-0.3, -0.25) is 4.90 Å². The molecule has 0 unspecified atom stereocenters. The predicted molar refractivity (Wildman–Crippen MR) is 154 cm³/mol. The molecule has 2 fully saturated rings. The Morgan fingerprint density at radius 3 is 2.59 bits per heavy atom. The van der Waals surface area contributed by atoms with E-state index in [0.29, 0.717) is 36.1 Å². The molecule has 2 aliphatic heterocycles. The van der Waals surface area contributed by atoms with Gasteiger partial charge in [-0.1, -0.05) is 11.2 Å². The number of thiophene rings is 1. The summed E-state index contributed by atoms with van der Waals surface area (Å²) in [5, 5.41) is 8.51. The second-order valence-electron chi connectivity index (χ2n) is 10.3. The van der Waals surface area contributed by atoms with Crippen LogP contribution in [0, 0.1) is 6.92 Å². The summed E-state index contributed by atoms with van der Waals surface area (Å²) in [5.41, 5.74) is 2.93. The molecule has 3 aromatic heterocycles. The molecule has 0 bridgehead atoms. The van der Waals surface area contributed by atoms with E-state index in [1.54, 1.807) is 22.8 Å². The second kappa shape index (κ2) is 10.8. The van der Waals surface area contributed by atoms with Crippen LogP contribution in [0.1, 0.15) is 25.5 Å². The zero-order valence-corrected chi connectivity index (χ0v) is 23.8.